The minimum Gasteiger partial charge on any atom is -0.300 e. The van der Waals surface area contributed by atoms with Crippen molar-refractivity contribution < 1.29 is 0 Å². The fraction of sp³-hybridized carbons (Fsp3) is 0.818. The topological polar surface area (TPSA) is 72.0 Å². The van der Waals surface area contributed by atoms with E-state index < -0.39 is 0 Å². The van der Waals surface area contributed by atoms with Crippen molar-refractivity contribution in [3.8, 4) is 0 Å². The van der Waals surface area contributed by atoms with Crippen molar-refractivity contribution in [1.29, 1.82) is 0 Å². The average molecular weight is 270 g/mol. The maximum absolute atomic E-state index is 5.73. The van der Waals surface area contributed by atoms with Crippen LogP contribution >= 0.6 is 11.8 Å². The third-order valence-corrected chi connectivity index (χ3v) is 4.57. The molecule has 0 amide bonds. The van der Waals surface area contributed by atoms with Crippen molar-refractivity contribution >= 4 is 11.8 Å². The van der Waals surface area contributed by atoms with Crippen LogP contribution in [-0.4, -0.2) is 56.8 Å². The first-order chi connectivity index (χ1) is 8.76. The molecule has 2 heterocycles. The van der Waals surface area contributed by atoms with Crippen molar-refractivity contribution in [1.82, 2.24) is 25.1 Å². The lowest BCUT2D eigenvalue weighted by Crippen LogP contribution is -2.55. The van der Waals surface area contributed by atoms with Crippen molar-refractivity contribution in [2.45, 2.75) is 32.0 Å². The smallest absolute Gasteiger partial charge is 0.138 e. The molecule has 102 valence electrons. The van der Waals surface area contributed by atoms with Gasteiger partial charge in [0.2, 0.25) is 0 Å². The summed E-state index contributed by atoms with van der Waals surface area (Å²) in [7, 11) is 2.17. The molecule has 3 N–H and O–H groups in total. The van der Waals surface area contributed by atoms with Gasteiger partial charge in [0.05, 0.1) is 0 Å². The second kappa shape index (κ2) is 6.51. The summed E-state index contributed by atoms with van der Waals surface area (Å²) < 4.78 is 1.93. The zero-order chi connectivity index (χ0) is 13.0. The first kappa shape index (κ1) is 13.8. The number of aromatic nitrogens is 3. The van der Waals surface area contributed by atoms with E-state index in [9.17, 15) is 0 Å². The van der Waals surface area contributed by atoms with E-state index >= 15 is 0 Å². The minimum atomic E-state index is 0.220. The van der Waals surface area contributed by atoms with Crippen molar-refractivity contribution in [3.63, 3.8) is 0 Å². The van der Waals surface area contributed by atoms with Crippen LogP contribution in [-0.2, 0) is 13.0 Å². The van der Waals surface area contributed by atoms with Crippen LogP contribution in [0.1, 0.15) is 12.7 Å². The Morgan fingerprint density at radius 1 is 1.67 bits per heavy atom. The molecule has 1 aliphatic rings. The molecule has 0 aromatic carbocycles. The zero-order valence-electron chi connectivity index (χ0n) is 11.0. The van der Waals surface area contributed by atoms with Crippen LogP contribution in [0, 0.1) is 0 Å². The number of nitrogens with zero attached hydrogens (tertiary/aromatic N) is 4. The first-order valence-corrected chi connectivity index (χ1v) is 7.52. The van der Waals surface area contributed by atoms with Crippen molar-refractivity contribution in [2.24, 2.45) is 5.84 Å². The molecule has 0 spiro atoms. The van der Waals surface area contributed by atoms with Gasteiger partial charge in [-0.15, -0.1) is 0 Å². The highest BCUT2D eigenvalue weighted by Crippen LogP contribution is 2.18. The largest absolute Gasteiger partial charge is 0.300 e. The zero-order valence-corrected chi connectivity index (χ0v) is 11.9. The summed E-state index contributed by atoms with van der Waals surface area (Å²) in [4.78, 5) is 6.71. The van der Waals surface area contributed by atoms with Gasteiger partial charge in [-0.1, -0.05) is 0 Å². The summed E-state index contributed by atoms with van der Waals surface area (Å²) in [5.74, 6) is 9.06. The van der Waals surface area contributed by atoms with E-state index in [-0.39, 0.29) is 6.04 Å². The van der Waals surface area contributed by atoms with E-state index in [1.54, 1.807) is 6.33 Å². The Labute approximate surface area is 112 Å². The van der Waals surface area contributed by atoms with Gasteiger partial charge in [0.25, 0.3) is 0 Å². The summed E-state index contributed by atoms with van der Waals surface area (Å²) in [5, 5.41) is 4.20. The second-order valence-corrected chi connectivity index (χ2v) is 5.74. The SMILES string of the molecule is CCn1ncnc1CC(NN)C1CSCCN1C. The number of hydrogen-bond acceptors (Lipinski definition) is 6. The Kier molecular flexibility index (Phi) is 4.99. The lowest BCUT2D eigenvalue weighted by Gasteiger charge is -2.37. The number of hydrazine groups is 1. The van der Waals surface area contributed by atoms with E-state index in [0.29, 0.717) is 6.04 Å². The molecule has 2 rings (SSSR count). The fourth-order valence-electron chi connectivity index (χ4n) is 2.34. The van der Waals surface area contributed by atoms with Crippen LogP contribution < -0.4 is 11.3 Å². The van der Waals surface area contributed by atoms with Crippen LogP contribution in [0.3, 0.4) is 0 Å². The Hall–Kier alpha value is -0.630. The molecule has 18 heavy (non-hydrogen) atoms. The monoisotopic (exact) mass is 270 g/mol. The highest BCUT2D eigenvalue weighted by molar-refractivity contribution is 7.99. The molecule has 2 unspecified atom stereocenters. The Bertz CT molecular complexity index is 368. The average Bonchev–Trinajstić information content (AvgIpc) is 2.84. The van der Waals surface area contributed by atoms with Crippen molar-refractivity contribution in [2.75, 3.05) is 25.1 Å². The van der Waals surface area contributed by atoms with Gasteiger partial charge in [-0.2, -0.15) is 16.9 Å². The molecule has 1 fully saturated rings. The van der Waals surface area contributed by atoms with E-state index in [4.69, 9.17) is 5.84 Å². The minimum absolute atomic E-state index is 0.220. The molecule has 2 atom stereocenters. The van der Waals surface area contributed by atoms with Crippen LogP contribution in [0.2, 0.25) is 0 Å². The molecular formula is C11H22N6S. The number of likely N-dealkylation sites (N-methyl/N-ethyl adjacent to an activating group) is 1. The molecule has 6 nitrogen and oxygen atoms in total. The van der Waals surface area contributed by atoms with Crippen LogP contribution in [0.15, 0.2) is 6.33 Å². The van der Waals surface area contributed by atoms with Crippen LogP contribution in [0.4, 0.5) is 0 Å². The quantitative estimate of drug-likeness (QED) is 0.566. The number of hydrogen-bond donors (Lipinski definition) is 2. The van der Waals surface area contributed by atoms with E-state index in [2.05, 4.69) is 34.4 Å². The lowest BCUT2D eigenvalue weighted by molar-refractivity contribution is 0.212. The standard InChI is InChI=1S/C11H22N6S/c1-3-17-11(13-8-14-17)6-9(15-12)10-7-18-5-4-16(10)2/h8-10,15H,3-7,12H2,1-2H3. The highest BCUT2D eigenvalue weighted by Gasteiger charge is 2.28. The van der Waals surface area contributed by atoms with Gasteiger partial charge in [0.15, 0.2) is 0 Å². The Morgan fingerprint density at radius 3 is 3.17 bits per heavy atom. The van der Waals surface area contributed by atoms with Gasteiger partial charge in [0, 0.05) is 43.1 Å². The van der Waals surface area contributed by atoms with Gasteiger partial charge in [-0.3, -0.25) is 16.0 Å². The predicted octanol–water partition coefficient (Wildman–Crippen LogP) is -0.280. The maximum atomic E-state index is 5.73. The fourth-order valence-corrected chi connectivity index (χ4v) is 3.65. The molecular weight excluding hydrogens is 248 g/mol. The molecule has 1 aliphatic heterocycles. The molecule has 7 heteroatoms. The predicted molar refractivity (Wildman–Crippen MR) is 74.3 cm³/mol. The Balaban J connectivity index is 2.04. The van der Waals surface area contributed by atoms with Crippen LogP contribution in [0.25, 0.3) is 0 Å². The summed E-state index contributed by atoms with van der Waals surface area (Å²) in [6.45, 7) is 4.04. The third kappa shape index (κ3) is 3.03. The lowest BCUT2D eigenvalue weighted by atomic mass is 10.1. The molecule has 1 aromatic rings. The summed E-state index contributed by atoms with van der Waals surface area (Å²) in [6, 6.07) is 0.674. The van der Waals surface area contributed by atoms with Gasteiger partial charge >= 0.3 is 0 Å². The third-order valence-electron chi connectivity index (χ3n) is 3.52. The second-order valence-electron chi connectivity index (χ2n) is 4.59. The molecule has 1 aromatic heterocycles. The van der Waals surface area contributed by atoms with Gasteiger partial charge < -0.3 is 4.90 Å². The highest BCUT2D eigenvalue weighted by atomic mass is 32.2. The summed E-state index contributed by atoms with van der Waals surface area (Å²) in [6.07, 6.45) is 2.44. The summed E-state index contributed by atoms with van der Waals surface area (Å²) in [5.41, 5.74) is 2.96. The number of rotatable bonds is 5. The molecule has 0 saturated carbocycles. The molecule has 1 saturated heterocycles. The molecule has 0 aliphatic carbocycles. The van der Waals surface area contributed by atoms with E-state index in [1.165, 1.54) is 5.75 Å². The molecule has 0 bridgehead atoms. The van der Waals surface area contributed by atoms with Gasteiger partial charge in [-0.25, -0.2) is 4.98 Å². The number of thioether (sulfide) groups is 1. The number of aryl methyl sites for hydroxylation is 1. The maximum Gasteiger partial charge on any atom is 0.138 e. The van der Waals surface area contributed by atoms with Crippen LogP contribution in [0.5, 0.6) is 0 Å². The van der Waals surface area contributed by atoms with E-state index in [0.717, 1.165) is 31.1 Å². The number of nitrogens with two attached hydrogens (primary N) is 1. The van der Waals surface area contributed by atoms with Crippen molar-refractivity contribution in [3.05, 3.63) is 12.2 Å². The first-order valence-electron chi connectivity index (χ1n) is 6.37. The molecule has 0 radical (unpaired) electrons. The van der Waals surface area contributed by atoms with E-state index in [1.807, 2.05) is 16.4 Å². The normalized spacial score (nSPS) is 23.2. The Morgan fingerprint density at radius 2 is 2.50 bits per heavy atom. The number of nitrogens with one attached hydrogen (secondary N) is 1. The summed E-state index contributed by atoms with van der Waals surface area (Å²) >= 11 is 1.99. The van der Waals surface area contributed by atoms with Gasteiger partial charge in [-0.05, 0) is 14.0 Å². The van der Waals surface area contributed by atoms with Gasteiger partial charge in [0.1, 0.15) is 12.2 Å².